The van der Waals surface area contributed by atoms with Crippen LogP contribution in [0.25, 0.3) is 10.4 Å². The maximum atomic E-state index is 14.2. The van der Waals surface area contributed by atoms with E-state index in [2.05, 4.69) is 5.32 Å². The molecular weight excluding hydrogens is 291 g/mol. The van der Waals surface area contributed by atoms with Gasteiger partial charge in [-0.1, -0.05) is 12.1 Å². The van der Waals surface area contributed by atoms with Crippen molar-refractivity contribution < 1.29 is 14.0 Å². The molecule has 0 saturated carbocycles. The van der Waals surface area contributed by atoms with Crippen LogP contribution >= 0.6 is 11.3 Å². The first kappa shape index (κ1) is 13.8. The number of fused-ring (bicyclic) bond motifs is 3. The predicted molar refractivity (Wildman–Crippen MR) is 79.9 cm³/mol. The molecule has 3 N–H and O–H groups in total. The Morgan fingerprint density at radius 1 is 1.33 bits per heavy atom. The molecule has 0 fully saturated rings. The molecule has 1 aliphatic rings. The molecule has 1 aromatic carbocycles. The summed E-state index contributed by atoms with van der Waals surface area (Å²) in [5, 5.41) is 3.02. The van der Waals surface area contributed by atoms with Gasteiger partial charge in [-0.3, -0.25) is 9.59 Å². The van der Waals surface area contributed by atoms with E-state index in [-0.39, 0.29) is 11.7 Å². The summed E-state index contributed by atoms with van der Waals surface area (Å²) < 4.78 is 14.2. The summed E-state index contributed by atoms with van der Waals surface area (Å²) in [4.78, 5) is 23.7. The number of halogens is 1. The lowest BCUT2D eigenvalue weighted by Gasteiger charge is -2.17. The predicted octanol–water partition coefficient (Wildman–Crippen LogP) is 2.71. The van der Waals surface area contributed by atoms with Crippen molar-refractivity contribution in [3.8, 4) is 10.4 Å². The number of benzene rings is 1. The van der Waals surface area contributed by atoms with Gasteiger partial charge in [-0.2, -0.15) is 0 Å². The lowest BCUT2D eigenvalue weighted by molar-refractivity contribution is -0.114. The van der Waals surface area contributed by atoms with Crippen molar-refractivity contribution in [2.24, 2.45) is 5.73 Å². The third-order valence-corrected chi connectivity index (χ3v) is 4.68. The maximum absolute atomic E-state index is 14.2. The molecule has 2 amide bonds. The van der Waals surface area contributed by atoms with Crippen molar-refractivity contribution in [1.82, 2.24) is 0 Å². The summed E-state index contributed by atoms with van der Waals surface area (Å²) in [6.07, 6.45) is 1.26. The van der Waals surface area contributed by atoms with Gasteiger partial charge in [-0.05, 0) is 30.0 Å². The van der Waals surface area contributed by atoms with Gasteiger partial charge in [0.05, 0.1) is 5.56 Å². The first-order valence-corrected chi connectivity index (χ1v) is 7.31. The molecule has 21 heavy (non-hydrogen) atoms. The molecule has 0 aliphatic heterocycles. The van der Waals surface area contributed by atoms with Crippen LogP contribution in [0.15, 0.2) is 18.2 Å². The zero-order valence-electron chi connectivity index (χ0n) is 11.3. The molecule has 0 spiro atoms. The Labute approximate surface area is 124 Å². The molecule has 0 saturated heterocycles. The smallest absolute Gasteiger partial charge is 0.252 e. The Morgan fingerprint density at radius 2 is 2.10 bits per heavy atom. The lowest BCUT2D eigenvalue weighted by atomic mass is 9.89. The minimum Gasteiger partial charge on any atom is -0.365 e. The zero-order chi connectivity index (χ0) is 15.1. The summed E-state index contributed by atoms with van der Waals surface area (Å²) in [6, 6.07) is 4.95. The average Bonchev–Trinajstić information content (AvgIpc) is 2.75. The highest BCUT2D eigenvalue weighted by atomic mass is 32.1. The topological polar surface area (TPSA) is 72.2 Å². The third-order valence-electron chi connectivity index (χ3n) is 3.51. The number of primary amides is 1. The number of rotatable bonds is 2. The van der Waals surface area contributed by atoms with Gasteiger partial charge in [0.1, 0.15) is 10.8 Å². The monoisotopic (exact) mass is 304 g/mol. The average molecular weight is 304 g/mol. The van der Waals surface area contributed by atoms with Crippen molar-refractivity contribution in [3.63, 3.8) is 0 Å². The van der Waals surface area contributed by atoms with Crippen LogP contribution in [0.4, 0.5) is 9.39 Å². The van der Waals surface area contributed by atoms with E-state index in [1.54, 1.807) is 6.07 Å². The van der Waals surface area contributed by atoms with Crippen LogP contribution < -0.4 is 11.1 Å². The standard InChI is InChI=1S/C15H13FN2O2S/c1-7(19)18-15-12(14(17)20)9-6-5-8-3-2-4-10(16)11(8)13(9)21-15/h2-4H,5-6H2,1H3,(H2,17,20)(H,18,19). The van der Waals surface area contributed by atoms with Crippen LogP contribution in [-0.2, 0) is 17.6 Å². The van der Waals surface area contributed by atoms with Crippen molar-refractivity contribution >= 4 is 28.2 Å². The number of carbonyl (C=O) groups is 2. The van der Waals surface area contributed by atoms with E-state index >= 15 is 0 Å². The van der Waals surface area contributed by atoms with Gasteiger partial charge in [0.25, 0.3) is 5.91 Å². The Bertz CT molecular complexity index is 767. The third kappa shape index (κ3) is 2.21. The zero-order valence-corrected chi connectivity index (χ0v) is 12.1. The number of anilines is 1. The van der Waals surface area contributed by atoms with Crippen LogP contribution in [0.1, 0.15) is 28.4 Å². The second-order valence-electron chi connectivity index (χ2n) is 4.93. The molecule has 1 aliphatic carbocycles. The summed E-state index contributed by atoms with van der Waals surface area (Å²) >= 11 is 1.20. The van der Waals surface area contributed by atoms with Crippen molar-refractivity contribution in [2.45, 2.75) is 19.8 Å². The Morgan fingerprint density at radius 3 is 2.76 bits per heavy atom. The van der Waals surface area contributed by atoms with E-state index in [0.717, 1.165) is 11.1 Å². The van der Waals surface area contributed by atoms with Gasteiger partial charge >= 0.3 is 0 Å². The minimum atomic E-state index is -0.601. The quantitative estimate of drug-likeness (QED) is 0.895. The second kappa shape index (κ2) is 4.96. The Hall–Kier alpha value is -2.21. The highest BCUT2D eigenvalue weighted by Gasteiger charge is 2.29. The van der Waals surface area contributed by atoms with E-state index in [4.69, 9.17) is 5.73 Å². The highest BCUT2D eigenvalue weighted by molar-refractivity contribution is 7.20. The van der Waals surface area contributed by atoms with E-state index in [1.165, 1.54) is 24.3 Å². The SMILES string of the molecule is CC(=O)Nc1sc2c(c1C(N)=O)CCc1cccc(F)c1-2. The Balaban J connectivity index is 2.26. The molecule has 3 rings (SSSR count). The van der Waals surface area contributed by atoms with Gasteiger partial charge in [0.15, 0.2) is 0 Å². The van der Waals surface area contributed by atoms with Crippen molar-refractivity contribution in [3.05, 3.63) is 40.7 Å². The minimum absolute atomic E-state index is 0.287. The normalized spacial score (nSPS) is 12.5. The fourth-order valence-electron chi connectivity index (χ4n) is 2.71. The van der Waals surface area contributed by atoms with Crippen molar-refractivity contribution in [2.75, 3.05) is 5.32 Å². The van der Waals surface area contributed by atoms with Crippen LogP contribution in [-0.4, -0.2) is 11.8 Å². The molecule has 0 bridgehead atoms. The number of aryl methyl sites for hydroxylation is 1. The van der Waals surface area contributed by atoms with Crippen LogP contribution in [0, 0.1) is 5.82 Å². The van der Waals surface area contributed by atoms with E-state index in [0.29, 0.717) is 33.8 Å². The van der Waals surface area contributed by atoms with Gasteiger partial charge in [-0.25, -0.2) is 4.39 Å². The van der Waals surface area contributed by atoms with E-state index in [9.17, 15) is 14.0 Å². The Kier molecular flexibility index (Phi) is 3.25. The van der Waals surface area contributed by atoms with Crippen LogP contribution in [0.5, 0.6) is 0 Å². The van der Waals surface area contributed by atoms with Crippen molar-refractivity contribution in [1.29, 1.82) is 0 Å². The van der Waals surface area contributed by atoms with Gasteiger partial charge in [-0.15, -0.1) is 11.3 Å². The fourth-order valence-corrected chi connectivity index (χ4v) is 4.09. The molecule has 0 radical (unpaired) electrons. The summed E-state index contributed by atoms with van der Waals surface area (Å²) in [5.74, 6) is -1.21. The highest BCUT2D eigenvalue weighted by Crippen LogP contribution is 2.45. The fraction of sp³-hybridized carbons (Fsp3) is 0.200. The van der Waals surface area contributed by atoms with E-state index in [1.807, 2.05) is 6.07 Å². The molecule has 0 unspecified atom stereocenters. The largest absolute Gasteiger partial charge is 0.365 e. The number of carbonyl (C=O) groups excluding carboxylic acids is 2. The second-order valence-corrected chi connectivity index (χ2v) is 5.95. The molecule has 1 aromatic heterocycles. The van der Waals surface area contributed by atoms with Crippen LogP contribution in [0.3, 0.4) is 0 Å². The number of hydrogen-bond donors (Lipinski definition) is 2. The summed E-state index contributed by atoms with van der Waals surface area (Å²) in [7, 11) is 0. The van der Waals surface area contributed by atoms with E-state index < -0.39 is 5.91 Å². The van der Waals surface area contributed by atoms with Crippen LogP contribution in [0.2, 0.25) is 0 Å². The van der Waals surface area contributed by atoms with Gasteiger partial charge < -0.3 is 11.1 Å². The number of nitrogens with two attached hydrogens (primary N) is 1. The molecule has 108 valence electrons. The summed E-state index contributed by atoms with van der Waals surface area (Å²) in [6.45, 7) is 1.36. The van der Waals surface area contributed by atoms with Gasteiger partial charge in [0.2, 0.25) is 5.91 Å². The molecule has 1 heterocycles. The number of hydrogen-bond acceptors (Lipinski definition) is 3. The number of amides is 2. The first-order valence-electron chi connectivity index (χ1n) is 6.50. The first-order chi connectivity index (χ1) is 9.99. The summed E-state index contributed by atoms with van der Waals surface area (Å²) in [5.41, 5.74) is 7.90. The molecule has 4 nitrogen and oxygen atoms in total. The lowest BCUT2D eigenvalue weighted by Crippen LogP contribution is -2.17. The number of thiophene rings is 1. The molecule has 0 atom stereocenters. The maximum Gasteiger partial charge on any atom is 0.252 e. The molecule has 2 aromatic rings. The van der Waals surface area contributed by atoms with Gasteiger partial charge in [0, 0.05) is 17.4 Å². The molecule has 6 heteroatoms. The number of nitrogens with one attached hydrogen (secondary N) is 1. The molecular formula is C15H13FN2O2S.